The van der Waals surface area contributed by atoms with Gasteiger partial charge in [0.05, 0.1) is 11.5 Å². The number of aryl methyl sites for hydroxylation is 1. The third-order valence-electron chi connectivity index (χ3n) is 4.05. The van der Waals surface area contributed by atoms with Gasteiger partial charge >= 0.3 is 0 Å². The minimum absolute atomic E-state index is 0.0146. The van der Waals surface area contributed by atoms with Gasteiger partial charge in [-0.3, -0.25) is 5.10 Å². The van der Waals surface area contributed by atoms with Gasteiger partial charge in [0.2, 0.25) is 17.6 Å². The zero-order valence-electron chi connectivity index (χ0n) is 13.3. The molecule has 3 rings (SSSR count). The molecule has 1 atom stereocenters. The first-order valence-corrected chi connectivity index (χ1v) is 7.49. The van der Waals surface area contributed by atoms with E-state index in [1.54, 1.807) is 13.0 Å². The number of aromatic nitrogens is 2. The smallest absolute Gasteiger partial charge is 0.244 e. The summed E-state index contributed by atoms with van der Waals surface area (Å²) in [5.74, 6) is -12.9. The summed E-state index contributed by atoms with van der Waals surface area (Å²) in [4.78, 5) is 0. The second-order valence-corrected chi connectivity index (χ2v) is 5.58. The number of nitriles is 1. The Labute approximate surface area is 143 Å². The third kappa shape index (κ3) is 2.39. The van der Waals surface area contributed by atoms with Crippen molar-refractivity contribution in [1.29, 1.82) is 5.26 Å². The molecule has 2 aromatic rings. The molecule has 0 saturated carbocycles. The maximum Gasteiger partial charge on any atom is 0.244 e. The molecule has 3 N–H and O–H groups in total. The maximum absolute atomic E-state index is 14.4. The molecule has 0 aliphatic carbocycles. The van der Waals surface area contributed by atoms with E-state index in [2.05, 4.69) is 10.2 Å². The summed E-state index contributed by atoms with van der Waals surface area (Å²) in [5.41, 5.74) is 4.31. The number of hydrogen-bond donors (Lipinski definition) is 2. The van der Waals surface area contributed by atoms with Crippen molar-refractivity contribution < 1.29 is 26.7 Å². The van der Waals surface area contributed by atoms with Gasteiger partial charge in [-0.2, -0.15) is 5.26 Å². The van der Waals surface area contributed by atoms with Crippen LogP contribution in [0.15, 0.2) is 11.5 Å². The van der Waals surface area contributed by atoms with Crippen LogP contribution in [0.2, 0.25) is 0 Å². The fraction of sp³-hybridized carbons (Fsp3) is 0.250. The number of ether oxygens (including phenoxy) is 1. The van der Waals surface area contributed by atoms with E-state index in [9.17, 15) is 27.2 Å². The number of halogens is 5. The highest BCUT2D eigenvalue weighted by Crippen LogP contribution is 2.45. The predicted octanol–water partition coefficient (Wildman–Crippen LogP) is 3.28. The Morgan fingerprint density at radius 1 is 1.08 bits per heavy atom. The molecule has 1 aromatic carbocycles. The molecular weight excluding hydrogens is 359 g/mol. The fourth-order valence-electron chi connectivity index (χ4n) is 2.91. The fourth-order valence-corrected chi connectivity index (χ4v) is 2.91. The van der Waals surface area contributed by atoms with Crippen LogP contribution in [-0.2, 0) is 6.42 Å². The standard InChI is InChI=1S/C16H11F5N4O/c1-2-3-6-8-7(5(4-22)15(23)26-16(8)25-24-6)9-10(17)12(19)14(21)13(20)11(9)18/h7H,2-3,23H2,1H3,(H,24,25)/t7-/m1/s1. The molecule has 0 spiro atoms. The first-order chi connectivity index (χ1) is 12.3. The van der Waals surface area contributed by atoms with Gasteiger partial charge in [-0.1, -0.05) is 13.3 Å². The van der Waals surface area contributed by atoms with E-state index in [1.807, 2.05) is 0 Å². The van der Waals surface area contributed by atoms with Gasteiger partial charge < -0.3 is 10.5 Å². The highest BCUT2D eigenvalue weighted by atomic mass is 19.2. The van der Waals surface area contributed by atoms with Crippen LogP contribution in [-0.4, -0.2) is 10.2 Å². The summed E-state index contributed by atoms with van der Waals surface area (Å²) in [6.07, 6.45) is 0.926. The van der Waals surface area contributed by atoms with E-state index in [-0.39, 0.29) is 11.4 Å². The van der Waals surface area contributed by atoms with E-state index in [0.29, 0.717) is 18.5 Å². The number of nitrogens with two attached hydrogens (primary N) is 1. The normalized spacial score (nSPS) is 16.3. The van der Waals surface area contributed by atoms with Crippen LogP contribution in [0.1, 0.15) is 36.1 Å². The maximum atomic E-state index is 14.4. The number of H-pyrrole nitrogens is 1. The first-order valence-electron chi connectivity index (χ1n) is 7.49. The van der Waals surface area contributed by atoms with Crippen molar-refractivity contribution in [3.05, 3.63) is 57.4 Å². The van der Waals surface area contributed by atoms with Crippen LogP contribution in [0.5, 0.6) is 5.88 Å². The van der Waals surface area contributed by atoms with Crippen LogP contribution >= 0.6 is 0 Å². The zero-order valence-corrected chi connectivity index (χ0v) is 13.3. The number of benzene rings is 1. The van der Waals surface area contributed by atoms with Crippen LogP contribution in [0.3, 0.4) is 0 Å². The van der Waals surface area contributed by atoms with Crippen LogP contribution in [0.25, 0.3) is 0 Å². The van der Waals surface area contributed by atoms with E-state index >= 15 is 0 Å². The molecule has 10 heteroatoms. The van der Waals surface area contributed by atoms with Crippen LogP contribution < -0.4 is 10.5 Å². The molecule has 1 aromatic heterocycles. The zero-order chi connectivity index (χ0) is 19.2. The molecule has 0 unspecified atom stereocenters. The van der Waals surface area contributed by atoms with Crippen molar-refractivity contribution in [2.75, 3.05) is 0 Å². The molecule has 0 radical (unpaired) electrons. The van der Waals surface area contributed by atoms with Gasteiger partial charge in [0.1, 0.15) is 11.6 Å². The predicted molar refractivity (Wildman–Crippen MR) is 78.1 cm³/mol. The largest absolute Gasteiger partial charge is 0.420 e. The van der Waals surface area contributed by atoms with Crippen LogP contribution in [0, 0.1) is 40.4 Å². The Bertz CT molecular complexity index is 947. The molecule has 1 aliphatic heterocycles. The lowest BCUT2D eigenvalue weighted by Gasteiger charge is -2.25. The topological polar surface area (TPSA) is 87.7 Å². The number of nitrogens with one attached hydrogen (secondary N) is 1. The second-order valence-electron chi connectivity index (χ2n) is 5.58. The third-order valence-corrected chi connectivity index (χ3v) is 4.05. The second kappa shape index (κ2) is 6.33. The van der Waals surface area contributed by atoms with E-state index in [1.165, 1.54) is 0 Å². The number of aromatic amines is 1. The molecule has 136 valence electrons. The van der Waals surface area contributed by atoms with Gasteiger partial charge in [0, 0.05) is 11.3 Å². The average molecular weight is 370 g/mol. The van der Waals surface area contributed by atoms with Gasteiger partial charge in [0.25, 0.3) is 0 Å². The summed E-state index contributed by atoms with van der Waals surface area (Å²) < 4.78 is 74.7. The molecule has 5 nitrogen and oxygen atoms in total. The van der Waals surface area contributed by atoms with Crippen molar-refractivity contribution in [2.24, 2.45) is 5.73 Å². The Balaban J connectivity index is 2.38. The summed E-state index contributed by atoms with van der Waals surface area (Å²) in [7, 11) is 0. The number of hydrogen-bond acceptors (Lipinski definition) is 4. The van der Waals surface area contributed by atoms with Crippen molar-refractivity contribution in [3.8, 4) is 11.9 Å². The summed E-state index contributed by atoms with van der Waals surface area (Å²) in [6.45, 7) is 1.81. The highest BCUT2D eigenvalue weighted by molar-refractivity contribution is 5.56. The number of fused-ring (bicyclic) bond motifs is 1. The Morgan fingerprint density at radius 3 is 2.19 bits per heavy atom. The van der Waals surface area contributed by atoms with Gasteiger partial charge in [-0.25, -0.2) is 22.0 Å². The lowest BCUT2D eigenvalue weighted by atomic mass is 9.82. The summed E-state index contributed by atoms with van der Waals surface area (Å²) in [5, 5.41) is 15.8. The van der Waals surface area contributed by atoms with E-state index in [4.69, 9.17) is 10.5 Å². The van der Waals surface area contributed by atoms with E-state index < -0.39 is 52.0 Å². The van der Waals surface area contributed by atoms with Crippen molar-refractivity contribution in [2.45, 2.75) is 25.7 Å². The highest BCUT2D eigenvalue weighted by Gasteiger charge is 2.40. The minimum atomic E-state index is -2.28. The van der Waals surface area contributed by atoms with Gasteiger partial charge in [0.15, 0.2) is 23.3 Å². The lowest BCUT2D eigenvalue weighted by molar-refractivity contribution is 0.357. The molecule has 2 heterocycles. The molecule has 0 bridgehead atoms. The molecular formula is C16H11F5N4O. The minimum Gasteiger partial charge on any atom is -0.420 e. The Morgan fingerprint density at radius 2 is 1.65 bits per heavy atom. The van der Waals surface area contributed by atoms with Crippen molar-refractivity contribution in [1.82, 2.24) is 10.2 Å². The lowest BCUT2D eigenvalue weighted by Crippen LogP contribution is -2.24. The van der Waals surface area contributed by atoms with Gasteiger partial charge in [-0.15, -0.1) is 5.10 Å². The Kier molecular flexibility index (Phi) is 4.31. The number of nitrogens with zero attached hydrogens (tertiary/aromatic N) is 2. The molecule has 26 heavy (non-hydrogen) atoms. The molecule has 0 amide bonds. The van der Waals surface area contributed by atoms with Gasteiger partial charge in [-0.05, 0) is 6.42 Å². The Hall–Kier alpha value is -3.09. The van der Waals surface area contributed by atoms with Crippen molar-refractivity contribution in [3.63, 3.8) is 0 Å². The van der Waals surface area contributed by atoms with E-state index in [0.717, 1.165) is 0 Å². The first kappa shape index (κ1) is 17.7. The summed E-state index contributed by atoms with van der Waals surface area (Å²) >= 11 is 0. The summed E-state index contributed by atoms with van der Waals surface area (Å²) in [6, 6.07) is 1.63. The molecule has 0 fully saturated rings. The average Bonchev–Trinajstić information content (AvgIpc) is 3.01. The monoisotopic (exact) mass is 370 g/mol. The number of allylic oxidation sites excluding steroid dienone is 1. The molecule has 1 aliphatic rings. The van der Waals surface area contributed by atoms with Crippen LogP contribution in [0.4, 0.5) is 22.0 Å². The quantitative estimate of drug-likeness (QED) is 0.493. The molecule has 0 saturated heterocycles. The SMILES string of the molecule is CCCc1[nH]nc2c1[C@H](c1c(F)c(F)c(F)c(F)c1F)C(C#N)=C(N)O2. The number of rotatable bonds is 3. The van der Waals surface area contributed by atoms with Crippen molar-refractivity contribution >= 4 is 0 Å².